The molecule has 2 unspecified atom stereocenters. The second-order valence-electron chi connectivity index (χ2n) is 5.45. The van der Waals surface area contributed by atoms with Crippen LogP contribution in [-0.2, 0) is 11.2 Å². The van der Waals surface area contributed by atoms with Gasteiger partial charge in [-0.25, -0.2) is 0 Å². The average Bonchev–Trinajstić information content (AvgIpc) is 2.42. The van der Waals surface area contributed by atoms with E-state index in [0.29, 0.717) is 12.0 Å². The zero-order chi connectivity index (χ0) is 14.1. The lowest BCUT2D eigenvalue weighted by atomic mass is 9.91. The van der Waals surface area contributed by atoms with Gasteiger partial charge in [-0.1, -0.05) is 38.1 Å². The molecular weight excluding hydrogens is 234 g/mol. The number of benzene rings is 1. The van der Waals surface area contributed by atoms with Crippen molar-refractivity contribution in [1.82, 2.24) is 5.32 Å². The molecule has 2 nitrogen and oxygen atoms in total. The molecule has 0 aliphatic rings. The van der Waals surface area contributed by atoms with Crippen LogP contribution in [0.2, 0.25) is 0 Å². The van der Waals surface area contributed by atoms with Gasteiger partial charge < -0.3 is 10.1 Å². The van der Waals surface area contributed by atoms with Crippen LogP contribution < -0.4 is 5.32 Å². The summed E-state index contributed by atoms with van der Waals surface area (Å²) in [6.45, 7) is 8.68. The number of rotatable bonds is 9. The lowest BCUT2D eigenvalue weighted by Gasteiger charge is -2.26. The lowest BCUT2D eigenvalue weighted by Crippen LogP contribution is -2.38. The maximum atomic E-state index is 5.21. The van der Waals surface area contributed by atoms with Crippen LogP contribution in [0.4, 0.5) is 0 Å². The van der Waals surface area contributed by atoms with E-state index in [1.165, 1.54) is 17.5 Å². The van der Waals surface area contributed by atoms with Gasteiger partial charge >= 0.3 is 0 Å². The van der Waals surface area contributed by atoms with Gasteiger partial charge in [-0.15, -0.1) is 0 Å². The van der Waals surface area contributed by atoms with Crippen LogP contribution in [0.25, 0.3) is 0 Å². The number of methoxy groups -OCH3 is 1. The highest BCUT2D eigenvalue weighted by Gasteiger charge is 2.17. The molecular formula is C17H29NO. The molecule has 1 rings (SSSR count). The smallest absolute Gasteiger partial charge is 0.0465 e. The van der Waals surface area contributed by atoms with Crippen molar-refractivity contribution < 1.29 is 4.74 Å². The third-order valence-electron chi connectivity index (χ3n) is 3.82. The molecule has 0 aliphatic carbocycles. The van der Waals surface area contributed by atoms with E-state index < -0.39 is 0 Å². The van der Waals surface area contributed by atoms with Crippen molar-refractivity contribution in [3.63, 3.8) is 0 Å². The van der Waals surface area contributed by atoms with E-state index in [4.69, 9.17) is 4.74 Å². The maximum absolute atomic E-state index is 5.21. The molecule has 2 atom stereocenters. The Hall–Kier alpha value is -0.860. The van der Waals surface area contributed by atoms with Crippen LogP contribution in [-0.4, -0.2) is 26.3 Å². The molecule has 0 saturated carbocycles. The summed E-state index contributed by atoms with van der Waals surface area (Å²) in [7, 11) is 1.78. The minimum absolute atomic E-state index is 0.538. The van der Waals surface area contributed by atoms with Crippen molar-refractivity contribution in [2.75, 3.05) is 20.3 Å². The van der Waals surface area contributed by atoms with E-state index in [2.05, 4.69) is 50.4 Å². The highest BCUT2D eigenvalue weighted by molar-refractivity contribution is 5.26. The molecule has 1 aromatic carbocycles. The minimum Gasteiger partial charge on any atom is -0.385 e. The fourth-order valence-corrected chi connectivity index (χ4v) is 2.39. The summed E-state index contributed by atoms with van der Waals surface area (Å²) in [4.78, 5) is 0. The van der Waals surface area contributed by atoms with Gasteiger partial charge in [-0.3, -0.25) is 0 Å². The quantitative estimate of drug-likeness (QED) is 0.735. The first kappa shape index (κ1) is 16.2. The van der Waals surface area contributed by atoms with Crippen molar-refractivity contribution in [2.45, 2.75) is 46.1 Å². The first-order chi connectivity index (χ1) is 9.19. The number of hydrogen-bond acceptors (Lipinski definition) is 2. The Labute approximate surface area is 118 Å². The summed E-state index contributed by atoms with van der Waals surface area (Å²) >= 11 is 0. The molecule has 0 bridgehead atoms. The predicted octanol–water partition coefficient (Wildman–Crippen LogP) is 3.58. The fraction of sp³-hybridized carbons (Fsp3) is 0.647. The summed E-state index contributed by atoms with van der Waals surface area (Å²) in [5.41, 5.74) is 2.85. The predicted molar refractivity (Wildman–Crippen MR) is 82.6 cm³/mol. The Kier molecular flexibility index (Phi) is 7.76. The van der Waals surface area contributed by atoms with Crippen molar-refractivity contribution in [1.29, 1.82) is 0 Å². The molecule has 0 amide bonds. The normalized spacial score (nSPS) is 14.3. The van der Waals surface area contributed by atoms with E-state index in [-0.39, 0.29) is 0 Å². The van der Waals surface area contributed by atoms with E-state index in [9.17, 15) is 0 Å². The Morgan fingerprint density at radius 3 is 2.63 bits per heavy atom. The Morgan fingerprint density at radius 1 is 1.26 bits per heavy atom. The van der Waals surface area contributed by atoms with Gasteiger partial charge in [-0.2, -0.15) is 0 Å². The summed E-state index contributed by atoms with van der Waals surface area (Å²) in [6.07, 6.45) is 3.41. The summed E-state index contributed by atoms with van der Waals surface area (Å²) in [6, 6.07) is 9.24. The van der Waals surface area contributed by atoms with Gasteiger partial charge in [0, 0.05) is 19.8 Å². The molecule has 0 saturated heterocycles. The van der Waals surface area contributed by atoms with Gasteiger partial charge in [0.1, 0.15) is 0 Å². The molecule has 0 aromatic heterocycles. The van der Waals surface area contributed by atoms with Gasteiger partial charge in [-0.05, 0) is 49.8 Å². The summed E-state index contributed by atoms with van der Waals surface area (Å²) in [5.74, 6) is 0.631. The van der Waals surface area contributed by atoms with Crippen LogP contribution in [0, 0.1) is 12.8 Å². The topological polar surface area (TPSA) is 21.3 Å². The monoisotopic (exact) mass is 263 g/mol. The first-order valence-corrected chi connectivity index (χ1v) is 7.45. The van der Waals surface area contributed by atoms with E-state index in [0.717, 1.165) is 26.0 Å². The largest absolute Gasteiger partial charge is 0.385 e. The highest BCUT2D eigenvalue weighted by atomic mass is 16.5. The second kappa shape index (κ2) is 9.11. The van der Waals surface area contributed by atoms with E-state index in [1.54, 1.807) is 7.11 Å². The number of hydrogen-bond donors (Lipinski definition) is 1. The Morgan fingerprint density at radius 2 is 2.00 bits per heavy atom. The Bertz CT molecular complexity index is 351. The third kappa shape index (κ3) is 5.75. The molecule has 0 heterocycles. The van der Waals surface area contributed by atoms with Crippen LogP contribution in [0.15, 0.2) is 24.3 Å². The average molecular weight is 263 g/mol. The number of ether oxygens (including phenoxy) is 1. The number of aryl methyl sites for hydroxylation is 1. The molecule has 1 N–H and O–H groups in total. The van der Waals surface area contributed by atoms with Crippen LogP contribution in [0.1, 0.15) is 37.8 Å². The van der Waals surface area contributed by atoms with Crippen molar-refractivity contribution in [3.8, 4) is 0 Å². The standard InChI is InChI=1S/C17H29NO/c1-5-11-18-17(15(3)10-12-19-4)13-16-9-7-6-8-14(16)2/h6-9,15,17-18H,5,10-13H2,1-4H3. The molecule has 2 heteroatoms. The molecule has 1 aromatic rings. The van der Waals surface area contributed by atoms with E-state index >= 15 is 0 Å². The van der Waals surface area contributed by atoms with E-state index in [1.807, 2.05) is 0 Å². The third-order valence-corrected chi connectivity index (χ3v) is 3.82. The zero-order valence-electron chi connectivity index (χ0n) is 12.9. The summed E-state index contributed by atoms with van der Waals surface area (Å²) < 4.78 is 5.21. The fourth-order valence-electron chi connectivity index (χ4n) is 2.39. The van der Waals surface area contributed by atoms with Crippen LogP contribution >= 0.6 is 0 Å². The molecule has 0 fully saturated rings. The lowest BCUT2D eigenvalue weighted by molar-refractivity contribution is 0.170. The molecule has 0 aliphatic heterocycles. The van der Waals surface area contributed by atoms with Gasteiger partial charge in [0.15, 0.2) is 0 Å². The SMILES string of the molecule is CCCNC(Cc1ccccc1C)C(C)CCOC. The number of nitrogens with one attached hydrogen (secondary N) is 1. The molecule has 19 heavy (non-hydrogen) atoms. The van der Waals surface area contributed by atoms with Gasteiger partial charge in [0.05, 0.1) is 0 Å². The second-order valence-corrected chi connectivity index (χ2v) is 5.45. The minimum atomic E-state index is 0.538. The summed E-state index contributed by atoms with van der Waals surface area (Å²) in [5, 5.41) is 3.70. The highest BCUT2D eigenvalue weighted by Crippen LogP contribution is 2.16. The first-order valence-electron chi connectivity index (χ1n) is 7.45. The van der Waals surface area contributed by atoms with Gasteiger partial charge in [0.25, 0.3) is 0 Å². The van der Waals surface area contributed by atoms with Crippen molar-refractivity contribution >= 4 is 0 Å². The van der Waals surface area contributed by atoms with Crippen molar-refractivity contribution in [2.24, 2.45) is 5.92 Å². The molecule has 0 spiro atoms. The molecule has 0 radical (unpaired) electrons. The zero-order valence-corrected chi connectivity index (χ0v) is 12.9. The maximum Gasteiger partial charge on any atom is 0.0465 e. The van der Waals surface area contributed by atoms with Crippen molar-refractivity contribution in [3.05, 3.63) is 35.4 Å². The van der Waals surface area contributed by atoms with Crippen LogP contribution in [0.5, 0.6) is 0 Å². The Balaban J connectivity index is 2.65. The molecule has 108 valence electrons. The van der Waals surface area contributed by atoms with Crippen LogP contribution in [0.3, 0.4) is 0 Å². The van der Waals surface area contributed by atoms with Gasteiger partial charge in [0.2, 0.25) is 0 Å².